The van der Waals surface area contributed by atoms with E-state index in [1.165, 1.54) is 28.7 Å². The third kappa shape index (κ3) is 4.58. The van der Waals surface area contributed by atoms with Crippen molar-refractivity contribution >= 4 is 33.9 Å². The van der Waals surface area contributed by atoms with Crippen molar-refractivity contribution in [2.75, 3.05) is 5.32 Å². The van der Waals surface area contributed by atoms with Gasteiger partial charge in [0.1, 0.15) is 0 Å². The lowest BCUT2D eigenvalue weighted by atomic mass is 10.0. The minimum Gasteiger partial charge on any atom is -0.420 e. The van der Waals surface area contributed by atoms with Gasteiger partial charge < -0.3 is 9.73 Å². The van der Waals surface area contributed by atoms with Crippen LogP contribution in [0.25, 0.3) is 11.5 Å². The molecule has 0 fully saturated rings. The highest BCUT2D eigenvalue weighted by Gasteiger charge is 2.11. The summed E-state index contributed by atoms with van der Waals surface area (Å²) in [6.07, 6.45) is 0. The highest BCUT2D eigenvalue weighted by molar-refractivity contribution is 8.00. The Labute approximate surface area is 171 Å². The summed E-state index contributed by atoms with van der Waals surface area (Å²) in [4.78, 5) is 0. The molecule has 6 nitrogen and oxygen atoms in total. The number of nitrogens with zero attached hydrogens (tertiary/aromatic N) is 4. The predicted octanol–water partition coefficient (Wildman–Crippen LogP) is 5.75. The van der Waals surface area contributed by atoms with Gasteiger partial charge in [-0.05, 0) is 35.7 Å². The number of benzene rings is 2. The number of aromatic nitrogens is 4. The maximum absolute atomic E-state index is 5.72. The zero-order valence-corrected chi connectivity index (χ0v) is 17.1. The van der Waals surface area contributed by atoms with Gasteiger partial charge in [0.2, 0.25) is 16.9 Å². The SMILES string of the molecule is CC(C)c1ccc(Nc2nnc(SCc3nnc(-c4ccccc4)o3)s2)cc1. The van der Waals surface area contributed by atoms with E-state index in [2.05, 4.69) is 63.8 Å². The number of hydrogen-bond acceptors (Lipinski definition) is 8. The Hall–Kier alpha value is -2.71. The first-order chi connectivity index (χ1) is 13.7. The van der Waals surface area contributed by atoms with Crippen molar-refractivity contribution in [3.05, 3.63) is 66.1 Å². The molecular formula is C20H19N5OS2. The van der Waals surface area contributed by atoms with E-state index in [0.29, 0.717) is 23.5 Å². The maximum atomic E-state index is 5.72. The molecule has 1 N–H and O–H groups in total. The first-order valence-corrected chi connectivity index (χ1v) is 10.7. The van der Waals surface area contributed by atoms with Crippen LogP contribution in [0, 0.1) is 0 Å². The molecule has 0 aliphatic rings. The Morgan fingerprint density at radius 2 is 1.75 bits per heavy atom. The van der Waals surface area contributed by atoms with Crippen LogP contribution in [0.2, 0.25) is 0 Å². The highest BCUT2D eigenvalue weighted by Crippen LogP contribution is 2.30. The van der Waals surface area contributed by atoms with E-state index < -0.39 is 0 Å². The summed E-state index contributed by atoms with van der Waals surface area (Å²) in [5, 5.41) is 20.7. The van der Waals surface area contributed by atoms with Crippen LogP contribution in [-0.4, -0.2) is 20.4 Å². The molecule has 4 rings (SSSR count). The molecule has 0 saturated heterocycles. The van der Waals surface area contributed by atoms with Gasteiger partial charge in [-0.15, -0.1) is 20.4 Å². The van der Waals surface area contributed by atoms with E-state index >= 15 is 0 Å². The summed E-state index contributed by atoms with van der Waals surface area (Å²) in [5.74, 6) is 2.17. The Bertz CT molecular complexity index is 1030. The van der Waals surface area contributed by atoms with Crippen LogP contribution >= 0.6 is 23.1 Å². The summed E-state index contributed by atoms with van der Waals surface area (Å²) in [6, 6.07) is 18.1. The van der Waals surface area contributed by atoms with Crippen LogP contribution in [0.5, 0.6) is 0 Å². The lowest BCUT2D eigenvalue weighted by Crippen LogP contribution is -1.91. The molecule has 4 aromatic rings. The van der Waals surface area contributed by atoms with E-state index in [1.807, 2.05) is 30.3 Å². The van der Waals surface area contributed by atoms with E-state index in [-0.39, 0.29) is 0 Å². The fraction of sp³-hybridized carbons (Fsp3) is 0.200. The van der Waals surface area contributed by atoms with Crippen LogP contribution < -0.4 is 5.32 Å². The van der Waals surface area contributed by atoms with E-state index in [9.17, 15) is 0 Å². The van der Waals surface area contributed by atoms with E-state index in [0.717, 1.165) is 20.7 Å². The van der Waals surface area contributed by atoms with E-state index in [1.54, 1.807) is 0 Å². The van der Waals surface area contributed by atoms with Crippen LogP contribution in [0.3, 0.4) is 0 Å². The molecule has 2 heterocycles. The molecule has 8 heteroatoms. The molecule has 0 spiro atoms. The third-order valence-corrected chi connectivity index (χ3v) is 6.00. The normalized spacial score (nSPS) is 11.1. The first-order valence-electron chi connectivity index (χ1n) is 8.88. The topological polar surface area (TPSA) is 76.7 Å². The summed E-state index contributed by atoms with van der Waals surface area (Å²) < 4.78 is 6.57. The lowest BCUT2D eigenvalue weighted by Gasteiger charge is -2.06. The van der Waals surface area contributed by atoms with Gasteiger partial charge in [0, 0.05) is 11.3 Å². The van der Waals surface area contributed by atoms with Gasteiger partial charge in [0.25, 0.3) is 0 Å². The van der Waals surface area contributed by atoms with Crippen LogP contribution in [0.15, 0.2) is 63.4 Å². The second-order valence-electron chi connectivity index (χ2n) is 6.43. The fourth-order valence-electron chi connectivity index (χ4n) is 2.53. The van der Waals surface area contributed by atoms with Gasteiger partial charge >= 0.3 is 0 Å². The predicted molar refractivity (Wildman–Crippen MR) is 113 cm³/mol. The molecule has 142 valence electrons. The second kappa shape index (κ2) is 8.53. The van der Waals surface area contributed by atoms with Crippen molar-refractivity contribution in [2.45, 2.75) is 29.9 Å². The minimum atomic E-state index is 0.519. The molecule has 0 atom stereocenters. The Morgan fingerprint density at radius 1 is 0.964 bits per heavy atom. The molecule has 2 aromatic carbocycles. The first kappa shape index (κ1) is 18.6. The maximum Gasteiger partial charge on any atom is 0.247 e. The van der Waals surface area contributed by atoms with Crippen molar-refractivity contribution in [3.63, 3.8) is 0 Å². The van der Waals surface area contributed by atoms with Gasteiger partial charge in [-0.2, -0.15) is 0 Å². The average molecular weight is 410 g/mol. The number of rotatable bonds is 7. The number of thioether (sulfide) groups is 1. The number of hydrogen-bond donors (Lipinski definition) is 1. The minimum absolute atomic E-state index is 0.519. The van der Waals surface area contributed by atoms with Gasteiger partial charge in [-0.1, -0.05) is 67.3 Å². The molecule has 0 radical (unpaired) electrons. The average Bonchev–Trinajstić information content (AvgIpc) is 3.37. The van der Waals surface area contributed by atoms with Crippen molar-refractivity contribution < 1.29 is 4.42 Å². The molecule has 0 unspecified atom stereocenters. The number of anilines is 2. The molecule has 0 aliphatic heterocycles. The largest absolute Gasteiger partial charge is 0.420 e. The zero-order valence-electron chi connectivity index (χ0n) is 15.5. The van der Waals surface area contributed by atoms with Gasteiger partial charge in [-0.25, -0.2) is 0 Å². The summed E-state index contributed by atoms with van der Waals surface area (Å²) in [6.45, 7) is 4.37. The van der Waals surface area contributed by atoms with Crippen molar-refractivity contribution in [2.24, 2.45) is 0 Å². The molecule has 0 aliphatic carbocycles. The molecular weight excluding hydrogens is 390 g/mol. The van der Waals surface area contributed by atoms with Crippen molar-refractivity contribution in [1.29, 1.82) is 0 Å². The Kier molecular flexibility index (Phi) is 5.68. The van der Waals surface area contributed by atoms with E-state index in [4.69, 9.17) is 4.42 Å². The number of nitrogens with one attached hydrogen (secondary N) is 1. The lowest BCUT2D eigenvalue weighted by molar-refractivity contribution is 0.528. The molecule has 2 aromatic heterocycles. The molecule has 0 bridgehead atoms. The van der Waals surface area contributed by atoms with Crippen molar-refractivity contribution in [3.8, 4) is 11.5 Å². The summed E-state index contributed by atoms with van der Waals surface area (Å²) in [5.41, 5.74) is 3.23. The van der Waals surface area contributed by atoms with Crippen LogP contribution in [0.1, 0.15) is 31.2 Å². The van der Waals surface area contributed by atoms with Crippen LogP contribution in [0.4, 0.5) is 10.8 Å². The van der Waals surface area contributed by atoms with Gasteiger partial charge in [-0.3, -0.25) is 0 Å². The third-order valence-electron chi connectivity index (χ3n) is 4.04. The zero-order chi connectivity index (χ0) is 19.3. The molecule has 28 heavy (non-hydrogen) atoms. The quantitative estimate of drug-likeness (QED) is 0.390. The molecule has 0 amide bonds. The van der Waals surface area contributed by atoms with Crippen molar-refractivity contribution in [1.82, 2.24) is 20.4 Å². The standard InChI is InChI=1S/C20H19N5OS2/c1-13(2)14-8-10-16(11-9-14)21-19-24-25-20(28-19)27-12-17-22-23-18(26-17)15-6-4-3-5-7-15/h3-11,13H,12H2,1-2H3,(H,21,24). The van der Waals surface area contributed by atoms with Gasteiger partial charge in [0.15, 0.2) is 4.34 Å². The highest BCUT2D eigenvalue weighted by atomic mass is 32.2. The fourth-order valence-corrected chi connectivity index (χ4v) is 4.14. The van der Waals surface area contributed by atoms with Crippen LogP contribution in [-0.2, 0) is 5.75 Å². The summed E-state index contributed by atoms with van der Waals surface area (Å²) in [7, 11) is 0. The smallest absolute Gasteiger partial charge is 0.247 e. The van der Waals surface area contributed by atoms with Gasteiger partial charge in [0.05, 0.1) is 5.75 Å². The summed E-state index contributed by atoms with van der Waals surface area (Å²) >= 11 is 3.03. The second-order valence-corrected chi connectivity index (χ2v) is 8.63. The Balaban J connectivity index is 1.34. The monoisotopic (exact) mass is 409 g/mol. The Morgan fingerprint density at radius 3 is 2.50 bits per heavy atom. The molecule has 0 saturated carbocycles.